The lowest BCUT2D eigenvalue weighted by Crippen LogP contribution is -2.04. The second-order valence-corrected chi connectivity index (χ2v) is 5.43. The van der Waals surface area contributed by atoms with Gasteiger partial charge in [-0.3, -0.25) is 14.9 Å². The summed E-state index contributed by atoms with van der Waals surface area (Å²) in [4.78, 5) is 22.4. The quantitative estimate of drug-likeness (QED) is 0.181. The van der Waals surface area contributed by atoms with Crippen molar-refractivity contribution >= 4 is 44.0 Å². The SMILES string of the molecule is CC(=O)Oc1cc2ccc3cccc4ccc(c1[N+](=O)[O-])c2c34. The molecule has 23 heavy (non-hydrogen) atoms. The number of nitro groups is 1. The van der Waals surface area contributed by atoms with E-state index in [1.807, 2.05) is 36.4 Å². The van der Waals surface area contributed by atoms with Gasteiger partial charge in [0.2, 0.25) is 5.75 Å². The summed E-state index contributed by atoms with van der Waals surface area (Å²) in [5, 5.41) is 16.7. The molecule has 0 radical (unpaired) electrons. The summed E-state index contributed by atoms with van der Waals surface area (Å²) in [5.74, 6) is -0.603. The molecule has 4 rings (SSSR count). The maximum atomic E-state index is 11.6. The summed E-state index contributed by atoms with van der Waals surface area (Å²) in [6, 6.07) is 14.9. The van der Waals surface area contributed by atoms with Crippen LogP contribution >= 0.6 is 0 Å². The average Bonchev–Trinajstić information content (AvgIpc) is 2.51. The maximum absolute atomic E-state index is 11.6. The van der Waals surface area contributed by atoms with Crippen LogP contribution in [0.3, 0.4) is 0 Å². The molecule has 5 heteroatoms. The van der Waals surface area contributed by atoms with Gasteiger partial charge < -0.3 is 4.74 Å². The Morgan fingerprint density at radius 1 is 1.00 bits per heavy atom. The summed E-state index contributed by atoms with van der Waals surface area (Å²) in [5.41, 5.74) is -0.175. The number of hydrogen-bond donors (Lipinski definition) is 0. The highest BCUT2D eigenvalue weighted by atomic mass is 16.6. The summed E-state index contributed by atoms with van der Waals surface area (Å²) in [7, 11) is 0. The highest BCUT2D eigenvalue weighted by Gasteiger charge is 2.24. The third-order valence-corrected chi connectivity index (χ3v) is 4.02. The van der Waals surface area contributed by atoms with Crippen LogP contribution in [-0.4, -0.2) is 10.9 Å². The van der Waals surface area contributed by atoms with Crippen LogP contribution in [0.4, 0.5) is 5.69 Å². The second kappa shape index (κ2) is 4.64. The zero-order valence-electron chi connectivity index (χ0n) is 12.2. The molecule has 4 aromatic rings. The van der Waals surface area contributed by atoms with Gasteiger partial charge in [0.1, 0.15) is 0 Å². The molecule has 0 atom stereocenters. The molecule has 0 fully saturated rings. The number of nitro benzene ring substituents is 1. The summed E-state index contributed by atoms with van der Waals surface area (Å²) in [6.45, 7) is 1.23. The Labute approximate surface area is 130 Å². The third-order valence-electron chi connectivity index (χ3n) is 4.02. The van der Waals surface area contributed by atoms with Crippen molar-refractivity contribution in [3.05, 3.63) is 58.6 Å². The first-order chi connectivity index (χ1) is 11.1. The second-order valence-electron chi connectivity index (χ2n) is 5.43. The minimum Gasteiger partial charge on any atom is -0.419 e. The van der Waals surface area contributed by atoms with Crippen LogP contribution in [0.25, 0.3) is 32.3 Å². The predicted molar refractivity (Wildman–Crippen MR) is 88.1 cm³/mol. The highest BCUT2D eigenvalue weighted by molar-refractivity contribution is 6.25. The Bertz CT molecular complexity index is 1080. The minimum absolute atomic E-state index is 0.0200. The number of benzene rings is 4. The van der Waals surface area contributed by atoms with E-state index in [1.165, 1.54) is 6.92 Å². The van der Waals surface area contributed by atoms with Crippen molar-refractivity contribution < 1.29 is 14.5 Å². The first-order valence-corrected chi connectivity index (χ1v) is 7.09. The van der Waals surface area contributed by atoms with Crippen molar-refractivity contribution in [2.45, 2.75) is 6.92 Å². The maximum Gasteiger partial charge on any atom is 0.319 e. The average molecular weight is 305 g/mol. The molecule has 5 nitrogen and oxygen atoms in total. The largest absolute Gasteiger partial charge is 0.419 e. The summed E-state index contributed by atoms with van der Waals surface area (Å²) >= 11 is 0. The van der Waals surface area contributed by atoms with Crippen LogP contribution < -0.4 is 4.74 Å². The van der Waals surface area contributed by atoms with E-state index < -0.39 is 10.9 Å². The highest BCUT2D eigenvalue weighted by Crippen LogP contribution is 2.43. The lowest BCUT2D eigenvalue weighted by molar-refractivity contribution is -0.383. The zero-order chi connectivity index (χ0) is 16.1. The zero-order valence-corrected chi connectivity index (χ0v) is 12.2. The number of rotatable bonds is 2. The Hall–Kier alpha value is -3.21. The van der Waals surface area contributed by atoms with Crippen molar-refractivity contribution in [2.24, 2.45) is 0 Å². The fraction of sp³-hybridized carbons (Fsp3) is 0.0556. The van der Waals surface area contributed by atoms with Crippen LogP contribution in [0.15, 0.2) is 48.5 Å². The van der Waals surface area contributed by atoms with Gasteiger partial charge in [0.25, 0.3) is 0 Å². The van der Waals surface area contributed by atoms with Crippen LogP contribution in [0.2, 0.25) is 0 Å². The smallest absolute Gasteiger partial charge is 0.319 e. The van der Waals surface area contributed by atoms with Gasteiger partial charge in [-0.05, 0) is 33.7 Å². The number of carbonyl (C=O) groups is 1. The van der Waals surface area contributed by atoms with Gasteiger partial charge in [0.15, 0.2) is 0 Å². The first-order valence-electron chi connectivity index (χ1n) is 7.09. The molecule has 0 aliphatic carbocycles. The van der Waals surface area contributed by atoms with Crippen molar-refractivity contribution in [1.29, 1.82) is 0 Å². The fourth-order valence-electron chi connectivity index (χ4n) is 3.19. The van der Waals surface area contributed by atoms with Gasteiger partial charge in [0.05, 0.1) is 10.3 Å². The number of ether oxygens (including phenoxy) is 1. The van der Waals surface area contributed by atoms with Gasteiger partial charge in [-0.2, -0.15) is 0 Å². The number of carbonyl (C=O) groups excluding carboxylic acids is 1. The van der Waals surface area contributed by atoms with E-state index >= 15 is 0 Å². The molecule has 0 saturated heterocycles. The first kappa shape index (κ1) is 13.5. The molecule has 4 aromatic carbocycles. The van der Waals surface area contributed by atoms with Crippen LogP contribution in [0, 0.1) is 10.1 Å². The molecular weight excluding hydrogens is 294 g/mol. The number of nitrogens with zero attached hydrogens (tertiary/aromatic N) is 1. The van der Waals surface area contributed by atoms with E-state index in [2.05, 4.69) is 0 Å². The number of hydrogen-bond acceptors (Lipinski definition) is 4. The molecule has 0 bridgehead atoms. The van der Waals surface area contributed by atoms with Gasteiger partial charge in [-0.15, -0.1) is 0 Å². The van der Waals surface area contributed by atoms with E-state index in [0.29, 0.717) is 5.39 Å². The summed E-state index contributed by atoms with van der Waals surface area (Å²) < 4.78 is 5.08. The van der Waals surface area contributed by atoms with E-state index in [1.54, 1.807) is 12.1 Å². The molecule has 0 aliphatic heterocycles. The van der Waals surface area contributed by atoms with Crippen molar-refractivity contribution in [1.82, 2.24) is 0 Å². The minimum atomic E-state index is -0.582. The van der Waals surface area contributed by atoms with Crippen LogP contribution in [-0.2, 0) is 4.79 Å². The standard InChI is InChI=1S/C18H11NO4/c1-10(20)23-15-9-13-6-5-11-3-2-4-12-7-8-14(17(13)16(11)12)18(15)19(21)22/h2-9H,1H3. The summed E-state index contributed by atoms with van der Waals surface area (Å²) in [6.07, 6.45) is 0. The molecule has 0 saturated carbocycles. The lowest BCUT2D eigenvalue weighted by Gasteiger charge is -2.12. The third kappa shape index (κ3) is 1.90. The topological polar surface area (TPSA) is 69.4 Å². The number of esters is 1. The molecule has 0 amide bonds. The lowest BCUT2D eigenvalue weighted by atomic mass is 9.93. The monoisotopic (exact) mass is 305 g/mol. The van der Waals surface area contributed by atoms with Gasteiger partial charge >= 0.3 is 11.7 Å². The van der Waals surface area contributed by atoms with E-state index in [0.717, 1.165) is 26.9 Å². The molecule has 0 spiro atoms. The Kier molecular flexibility index (Phi) is 2.72. The van der Waals surface area contributed by atoms with E-state index in [4.69, 9.17) is 4.74 Å². The predicted octanol–water partition coefficient (Wildman–Crippen LogP) is 4.42. The van der Waals surface area contributed by atoms with Gasteiger partial charge in [0, 0.05) is 12.3 Å². The Balaban J connectivity index is 2.25. The van der Waals surface area contributed by atoms with Gasteiger partial charge in [-0.25, -0.2) is 0 Å². The van der Waals surface area contributed by atoms with Crippen LogP contribution in [0.5, 0.6) is 5.75 Å². The van der Waals surface area contributed by atoms with Crippen molar-refractivity contribution in [3.63, 3.8) is 0 Å². The molecule has 112 valence electrons. The van der Waals surface area contributed by atoms with E-state index in [9.17, 15) is 14.9 Å². The molecular formula is C18H11NO4. The van der Waals surface area contributed by atoms with Crippen molar-refractivity contribution in [3.8, 4) is 5.75 Å². The Morgan fingerprint density at radius 3 is 2.30 bits per heavy atom. The molecule has 0 aliphatic rings. The van der Waals surface area contributed by atoms with Crippen molar-refractivity contribution in [2.75, 3.05) is 0 Å². The molecule has 0 unspecified atom stereocenters. The fourth-order valence-corrected chi connectivity index (χ4v) is 3.19. The van der Waals surface area contributed by atoms with E-state index in [-0.39, 0.29) is 11.4 Å². The van der Waals surface area contributed by atoms with Gasteiger partial charge in [-0.1, -0.05) is 36.4 Å². The van der Waals surface area contributed by atoms with Crippen LogP contribution in [0.1, 0.15) is 6.92 Å². The Morgan fingerprint density at radius 2 is 1.65 bits per heavy atom. The molecule has 0 aromatic heterocycles. The normalized spacial score (nSPS) is 11.3. The molecule has 0 heterocycles. The molecule has 0 N–H and O–H groups in total.